The van der Waals surface area contributed by atoms with Gasteiger partial charge in [-0.05, 0) is 52.4 Å². The van der Waals surface area contributed by atoms with Crippen LogP contribution in [0.4, 0.5) is 5.69 Å². The average molecular weight is 413 g/mol. The van der Waals surface area contributed by atoms with Gasteiger partial charge in [0.1, 0.15) is 17.1 Å². The number of ether oxygens (including phenoxy) is 3. The van der Waals surface area contributed by atoms with Gasteiger partial charge >= 0.3 is 0 Å². The molecule has 1 aromatic heterocycles. The topological polar surface area (TPSA) is 83.7 Å². The zero-order chi connectivity index (χ0) is 21.2. The smallest absolute Gasteiger partial charge is 0.201 e. The Kier molecular flexibility index (Phi) is 4.80. The molecule has 5 rings (SSSR count). The lowest BCUT2D eigenvalue weighted by Crippen LogP contribution is -2.15. The van der Waals surface area contributed by atoms with Gasteiger partial charge in [0.15, 0.2) is 17.2 Å². The minimum Gasteiger partial charge on any atom is -0.493 e. The number of nitrogens with zero attached hydrogens (tertiary/aromatic N) is 5. The first-order valence-corrected chi connectivity index (χ1v) is 9.69. The van der Waals surface area contributed by atoms with Crippen LogP contribution >= 0.6 is 0 Å². The molecule has 1 aliphatic rings. The minimum absolute atomic E-state index is 0.437. The van der Waals surface area contributed by atoms with Crippen LogP contribution in [0.5, 0.6) is 23.0 Å². The van der Waals surface area contributed by atoms with Crippen LogP contribution in [0.3, 0.4) is 0 Å². The predicted octanol–water partition coefficient (Wildman–Crippen LogP) is 4.01. The molecule has 1 aliphatic heterocycles. The van der Waals surface area contributed by atoms with Gasteiger partial charge in [-0.15, -0.1) is 5.10 Å². The zero-order valence-corrected chi connectivity index (χ0v) is 17.0. The van der Waals surface area contributed by atoms with E-state index < -0.39 is 0 Å². The van der Waals surface area contributed by atoms with Crippen molar-refractivity contribution in [2.24, 2.45) is 4.99 Å². The summed E-state index contributed by atoms with van der Waals surface area (Å²) in [6.07, 6.45) is 0. The molecule has 2 heterocycles. The van der Waals surface area contributed by atoms with E-state index in [9.17, 15) is 0 Å². The monoisotopic (exact) mass is 413 g/mol. The van der Waals surface area contributed by atoms with E-state index in [2.05, 4.69) is 15.5 Å². The summed E-state index contributed by atoms with van der Waals surface area (Å²) in [5.74, 6) is 3.24. The summed E-state index contributed by atoms with van der Waals surface area (Å²) in [7, 11) is 3.22. The number of aromatic nitrogens is 4. The maximum absolute atomic E-state index is 6.12. The van der Waals surface area contributed by atoms with Crippen molar-refractivity contribution < 1.29 is 14.2 Å². The van der Waals surface area contributed by atoms with Crippen molar-refractivity contribution in [2.45, 2.75) is 6.54 Å². The molecule has 8 heteroatoms. The predicted molar refractivity (Wildman–Crippen MR) is 115 cm³/mol. The number of aliphatic imine (C=N–C) groups is 1. The van der Waals surface area contributed by atoms with E-state index in [1.165, 1.54) is 0 Å². The highest BCUT2D eigenvalue weighted by atomic mass is 16.5. The van der Waals surface area contributed by atoms with Crippen LogP contribution < -0.4 is 14.2 Å². The Morgan fingerprint density at radius 3 is 2.48 bits per heavy atom. The van der Waals surface area contributed by atoms with E-state index >= 15 is 0 Å². The average Bonchev–Trinajstić information content (AvgIpc) is 3.19. The van der Waals surface area contributed by atoms with Crippen molar-refractivity contribution in [1.82, 2.24) is 20.2 Å². The highest BCUT2D eigenvalue weighted by Gasteiger charge is 2.23. The van der Waals surface area contributed by atoms with Crippen molar-refractivity contribution in [3.05, 3.63) is 83.7 Å². The van der Waals surface area contributed by atoms with E-state index in [-0.39, 0.29) is 0 Å². The SMILES string of the molecule is COc1ccc(Cn2nnnc2C2=Nc3ccccc3Oc3ccccc32)cc1OC. The normalized spacial score (nSPS) is 12.1. The lowest BCUT2D eigenvalue weighted by atomic mass is 10.1. The van der Waals surface area contributed by atoms with Crippen LogP contribution in [-0.4, -0.2) is 40.1 Å². The van der Waals surface area contributed by atoms with Crippen molar-refractivity contribution in [2.75, 3.05) is 14.2 Å². The van der Waals surface area contributed by atoms with Gasteiger partial charge in [-0.2, -0.15) is 0 Å². The molecule has 154 valence electrons. The lowest BCUT2D eigenvalue weighted by molar-refractivity contribution is 0.354. The number of benzene rings is 3. The first-order chi connectivity index (χ1) is 15.3. The van der Waals surface area contributed by atoms with E-state index in [4.69, 9.17) is 19.2 Å². The molecule has 0 saturated heterocycles. The van der Waals surface area contributed by atoms with E-state index in [1.807, 2.05) is 66.7 Å². The maximum atomic E-state index is 6.12. The summed E-state index contributed by atoms with van der Waals surface area (Å²) in [4.78, 5) is 4.87. The molecule has 31 heavy (non-hydrogen) atoms. The van der Waals surface area contributed by atoms with Crippen molar-refractivity contribution in [3.8, 4) is 23.0 Å². The number of hydrogen-bond donors (Lipinski definition) is 0. The molecule has 0 radical (unpaired) electrons. The van der Waals surface area contributed by atoms with Gasteiger partial charge in [-0.1, -0.05) is 30.3 Å². The zero-order valence-electron chi connectivity index (χ0n) is 17.0. The Hall–Kier alpha value is -4.20. The molecule has 0 amide bonds. The Balaban J connectivity index is 1.59. The summed E-state index contributed by atoms with van der Waals surface area (Å²) in [6.45, 7) is 0.437. The van der Waals surface area contributed by atoms with Gasteiger partial charge in [-0.25, -0.2) is 9.67 Å². The van der Waals surface area contributed by atoms with Gasteiger partial charge in [-0.3, -0.25) is 0 Å². The molecular formula is C23H19N5O3. The van der Waals surface area contributed by atoms with Crippen LogP contribution in [-0.2, 0) is 6.54 Å². The highest BCUT2D eigenvalue weighted by Crippen LogP contribution is 2.38. The molecule has 0 aliphatic carbocycles. The summed E-state index contributed by atoms with van der Waals surface area (Å²) in [5.41, 5.74) is 3.15. The third-order valence-electron chi connectivity index (χ3n) is 4.98. The Labute approximate surface area is 178 Å². The molecule has 0 atom stereocenters. The molecule has 4 aromatic rings. The summed E-state index contributed by atoms with van der Waals surface area (Å²) in [5, 5.41) is 12.4. The number of methoxy groups -OCH3 is 2. The fourth-order valence-electron chi connectivity index (χ4n) is 3.49. The lowest BCUT2D eigenvalue weighted by Gasteiger charge is -2.11. The highest BCUT2D eigenvalue weighted by molar-refractivity contribution is 6.14. The number of para-hydroxylation sites is 3. The number of hydrogen-bond acceptors (Lipinski definition) is 7. The molecule has 3 aromatic carbocycles. The van der Waals surface area contributed by atoms with Crippen LogP contribution in [0.15, 0.2) is 71.7 Å². The molecule has 8 nitrogen and oxygen atoms in total. The van der Waals surface area contributed by atoms with E-state index in [1.54, 1.807) is 18.9 Å². The van der Waals surface area contributed by atoms with Crippen LogP contribution in [0, 0.1) is 0 Å². The third kappa shape index (κ3) is 3.48. The fourth-order valence-corrected chi connectivity index (χ4v) is 3.49. The molecule has 0 bridgehead atoms. The second-order valence-electron chi connectivity index (χ2n) is 6.88. The molecule has 0 spiro atoms. The van der Waals surface area contributed by atoms with Crippen molar-refractivity contribution in [1.29, 1.82) is 0 Å². The first-order valence-electron chi connectivity index (χ1n) is 9.69. The minimum atomic E-state index is 0.437. The van der Waals surface area contributed by atoms with E-state index in [0.29, 0.717) is 41.1 Å². The van der Waals surface area contributed by atoms with E-state index in [0.717, 1.165) is 16.8 Å². The Morgan fingerprint density at radius 2 is 1.65 bits per heavy atom. The summed E-state index contributed by atoms with van der Waals surface area (Å²) < 4.78 is 18.6. The van der Waals surface area contributed by atoms with Crippen molar-refractivity contribution in [3.63, 3.8) is 0 Å². The molecule has 0 fully saturated rings. The van der Waals surface area contributed by atoms with Gasteiger partial charge < -0.3 is 14.2 Å². The molecule has 0 unspecified atom stereocenters. The van der Waals surface area contributed by atoms with Crippen LogP contribution in [0.1, 0.15) is 17.0 Å². The summed E-state index contributed by atoms with van der Waals surface area (Å²) in [6, 6.07) is 21.1. The van der Waals surface area contributed by atoms with Gasteiger partial charge in [0.05, 0.1) is 20.8 Å². The first kappa shape index (κ1) is 18.8. The fraction of sp³-hybridized carbons (Fsp3) is 0.130. The molecule has 0 N–H and O–H groups in total. The maximum Gasteiger partial charge on any atom is 0.201 e. The summed E-state index contributed by atoms with van der Waals surface area (Å²) >= 11 is 0. The van der Waals surface area contributed by atoms with Gasteiger partial charge in [0.2, 0.25) is 5.82 Å². The molecular weight excluding hydrogens is 394 g/mol. The number of tetrazole rings is 1. The number of rotatable bonds is 5. The van der Waals surface area contributed by atoms with Crippen molar-refractivity contribution >= 4 is 11.4 Å². The molecule has 0 saturated carbocycles. The quantitative estimate of drug-likeness (QED) is 0.433. The van der Waals surface area contributed by atoms with Gasteiger partial charge in [0.25, 0.3) is 0 Å². The van der Waals surface area contributed by atoms with Crippen LogP contribution in [0.25, 0.3) is 0 Å². The second-order valence-corrected chi connectivity index (χ2v) is 6.88. The Bertz CT molecular complexity index is 1280. The van der Waals surface area contributed by atoms with Crippen LogP contribution in [0.2, 0.25) is 0 Å². The second kappa shape index (κ2) is 7.91. The standard InChI is InChI=1S/C23H19N5O3/c1-29-20-12-11-15(13-21(20)30-2)14-28-23(25-26-27-28)22-16-7-3-5-9-18(16)31-19-10-6-4-8-17(19)24-22/h3-13H,14H2,1-2H3. The number of fused-ring (bicyclic) bond motifs is 2. The Morgan fingerprint density at radius 1 is 0.871 bits per heavy atom. The van der Waals surface area contributed by atoms with Gasteiger partial charge in [0, 0.05) is 5.56 Å². The third-order valence-corrected chi connectivity index (χ3v) is 4.98. The largest absolute Gasteiger partial charge is 0.493 e.